The zero-order chi connectivity index (χ0) is 20.6. The number of furan rings is 1. The third kappa shape index (κ3) is 6.72. The van der Waals surface area contributed by atoms with Crippen LogP contribution in [0.2, 0.25) is 0 Å². The van der Waals surface area contributed by atoms with E-state index in [1.807, 2.05) is 23.1 Å². The van der Waals surface area contributed by atoms with Crippen molar-refractivity contribution in [1.82, 2.24) is 9.80 Å². The fourth-order valence-electron chi connectivity index (χ4n) is 4.07. The maximum Gasteiger partial charge on any atom is 0.222 e. The summed E-state index contributed by atoms with van der Waals surface area (Å²) in [6.07, 6.45) is 3.64. The Balaban J connectivity index is 1.57. The van der Waals surface area contributed by atoms with E-state index in [4.69, 9.17) is 4.42 Å². The minimum Gasteiger partial charge on any atom is -0.467 e. The molecule has 2 aromatic rings. The predicted molar refractivity (Wildman–Crippen MR) is 114 cm³/mol. The van der Waals surface area contributed by atoms with Gasteiger partial charge in [0.25, 0.3) is 0 Å². The molecule has 2 heterocycles. The van der Waals surface area contributed by atoms with Crippen LogP contribution in [-0.2, 0) is 11.3 Å². The minimum absolute atomic E-state index is 0.285. The third-order valence-corrected chi connectivity index (χ3v) is 5.62. The number of hydrogen-bond acceptors (Lipinski definition) is 4. The molecule has 1 aliphatic heterocycles. The average molecular weight is 399 g/mol. The molecule has 1 unspecified atom stereocenters. The lowest BCUT2D eigenvalue weighted by Crippen LogP contribution is -2.42. The molecule has 1 aromatic heterocycles. The maximum atomic E-state index is 12.3. The Bertz CT molecular complexity index is 722. The van der Waals surface area contributed by atoms with Crippen LogP contribution in [0.4, 0.5) is 0 Å². The van der Waals surface area contributed by atoms with Crippen molar-refractivity contribution in [1.29, 1.82) is 0 Å². The van der Waals surface area contributed by atoms with Gasteiger partial charge < -0.3 is 14.4 Å². The van der Waals surface area contributed by atoms with Crippen LogP contribution in [-0.4, -0.2) is 47.0 Å². The number of piperidine rings is 1. The Labute approximate surface area is 174 Å². The van der Waals surface area contributed by atoms with E-state index >= 15 is 0 Å². The molecule has 0 aliphatic carbocycles. The molecule has 158 valence electrons. The van der Waals surface area contributed by atoms with Crippen LogP contribution >= 0.6 is 0 Å². The number of nitrogens with zero attached hydrogens (tertiary/aromatic N) is 2. The van der Waals surface area contributed by atoms with Crippen molar-refractivity contribution in [3.63, 3.8) is 0 Å². The van der Waals surface area contributed by atoms with Crippen molar-refractivity contribution in [2.45, 2.75) is 45.8 Å². The molecular formula is C24H34N2O3. The summed E-state index contributed by atoms with van der Waals surface area (Å²) in [5, 5.41) is 10.6. The van der Waals surface area contributed by atoms with E-state index in [1.54, 1.807) is 6.26 Å². The normalized spacial score (nSPS) is 16.5. The molecule has 1 N–H and O–H groups in total. The van der Waals surface area contributed by atoms with Crippen molar-refractivity contribution in [2.24, 2.45) is 11.8 Å². The average Bonchev–Trinajstić information content (AvgIpc) is 3.24. The van der Waals surface area contributed by atoms with Gasteiger partial charge in [-0.05, 0) is 42.4 Å². The lowest BCUT2D eigenvalue weighted by molar-refractivity contribution is -0.133. The number of amides is 1. The first-order valence-electron chi connectivity index (χ1n) is 10.8. The summed E-state index contributed by atoms with van der Waals surface area (Å²) in [5.74, 6) is 1.83. The molecule has 0 radical (unpaired) electrons. The zero-order valence-electron chi connectivity index (χ0n) is 17.7. The highest BCUT2D eigenvalue weighted by Gasteiger charge is 2.26. The number of carbonyl (C=O) groups excluding carboxylic acids is 1. The van der Waals surface area contributed by atoms with E-state index in [0.717, 1.165) is 39.0 Å². The highest BCUT2D eigenvalue weighted by atomic mass is 16.4. The van der Waals surface area contributed by atoms with Gasteiger partial charge in [-0.1, -0.05) is 44.2 Å². The number of aliphatic hydroxyl groups is 1. The Hall–Kier alpha value is -2.11. The zero-order valence-corrected chi connectivity index (χ0v) is 17.7. The molecule has 5 heteroatoms. The summed E-state index contributed by atoms with van der Waals surface area (Å²) in [5.41, 5.74) is 1.24. The summed E-state index contributed by atoms with van der Waals surface area (Å²) < 4.78 is 5.39. The largest absolute Gasteiger partial charge is 0.467 e. The Kier molecular flexibility index (Phi) is 7.90. The first kappa shape index (κ1) is 21.6. The van der Waals surface area contributed by atoms with Gasteiger partial charge in [0, 0.05) is 39.1 Å². The van der Waals surface area contributed by atoms with Gasteiger partial charge in [0.05, 0.1) is 6.26 Å². The number of carbonyl (C=O) groups is 1. The summed E-state index contributed by atoms with van der Waals surface area (Å²) in [7, 11) is 0. The topological polar surface area (TPSA) is 56.9 Å². The first-order chi connectivity index (χ1) is 14.0. The van der Waals surface area contributed by atoms with Gasteiger partial charge >= 0.3 is 0 Å². The van der Waals surface area contributed by atoms with Gasteiger partial charge in [-0.2, -0.15) is 0 Å². The molecule has 1 aromatic carbocycles. The Morgan fingerprint density at radius 1 is 1.17 bits per heavy atom. The van der Waals surface area contributed by atoms with Gasteiger partial charge in [0.1, 0.15) is 11.9 Å². The predicted octanol–water partition coefficient (Wildman–Crippen LogP) is 4.10. The van der Waals surface area contributed by atoms with Crippen LogP contribution in [0, 0.1) is 11.8 Å². The van der Waals surface area contributed by atoms with Gasteiger partial charge in [-0.25, -0.2) is 0 Å². The monoisotopic (exact) mass is 398 g/mol. The molecule has 1 aliphatic rings. The third-order valence-electron chi connectivity index (χ3n) is 5.62. The second kappa shape index (κ2) is 10.6. The van der Waals surface area contributed by atoms with Crippen molar-refractivity contribution in [3.05, 3.63) is 60.1 Å². The molecule has 0 bridgehead atoms. The van der Waals surface area contributed by atoms with Gasteiger partial charge in [0.2, 0.25) is 5.91 Å². The van der Waals surface area contributed by atoms with E-state index in [1.165, 1.54) is 5.56 Å². The van der Waals surface area contributed by atoms with E-state index in [0.29, 0.717) is 30.6 Å². The standard InChI is InChI=1S/C24H34N2O3/c1-19(2)15-24(28)26-12-10-21(11-13-26)17-25(16-20-7-4-3-5-8-20)18-22(27)23-9-6-14-29-23/h3-9,14,19,21-22,27H,10-13,15-18H2,1-2H3. The van der Waals surface area contributed by atoms with Gasteiger partial charge in [0.15, 0.2) is 0 Å². The van der Waals surface area contributed by atoms with Gasteiger partial charge in [-0.3, -0.25) is 9.69 Å². The molecule has 3 rings (SSSR count). The van der Waals surface area contributed by atoms with Crippen molar-refractivity contribution in [2.75, 3.05) is 26.2 Å². The quantitative estimate of drug-likeness (QED) is 0.691. The molecule has 1 amide bonds. The van der Waals surface area contributed by atoms with Crippen LogP contribution in [0.25, 0.3) is 0 Å². The smallest absolute Gasteiger partial charge is 0.222 e. The van der Waals surface area contributed by atoms with Crippen LogP contribution in [0.15, 0.2) is 53.1 Å². The Morgan fingerprint density at radius 2 is 1.90 bits per heavy atom. The highest BCUT2D eigenvalue weighted by molar-refractivity contribution is 5.76. The van der Waals surface area contributed by atoms with Crippen LogP contribution in [0.3, 0.4) is 0 Å². The highest BCUT2D eigenvalue weighted by Crippen LogP contribution is 2.23. The van der Waals surface area contributed by atoms with E-state index < -0.39 is 6.10 Å². The van der Waals surface area contributed by atoms with Crippen LogP contribution in [0.1, 0.15) is 50.5 Å². The number of likely N-dealkylation sites (tertiary alicyclic amines) is 1. The number of hydrogen-bond donors (Lipinski definition) is 1. The second-order valence-corrected chi connectivity index (χ2v) is 8.63. The fraction of sp³-hybridized carbons (Fsp3) is 0.542. The van der Waals surface area contributed by atoms with E-state index in [-0.39, 0.29) is 5.91 Å². The molecule has 1 atom stereocenters. The van der Waals surface area contributed by atoms with Crippen molar-refractivity contribution in [3.8, 4) is 0 Å². The second-order valence-electron chi connectivity index (χ2n) is 8.63. The summed E-state index contributed by atoms with van der Waals surface area (Å²) in [4.78, 5) is 16.7. The molecule has 1 saturated heterocycles. The summed E-state index contributed by atoms with van der Waals surface area (Å²) >= 11 is 0. The van der Waals surface area contributed by atoms with Crippen LogP contribution < -0.4 is 0 Å². The number of benzene rings is 1. The summed E-state index contributed by atoms with van der Waals surface area (Å²) in [6.45, 7) is 8.12. The fourth-order valence-corrected chi connectivity index (χ4v) is 4.07. The molecule has 0 saturated carbocycles. The molecule has 5 nitrogen and oxygen atoms in total. The maximum absolute atomic E-state index is 12.3. The lowest BCUT2D eigenvalue weighted by Gasteiger charge is -2.35. The lowest BCUT2D eigenvalue weighted by atomic mass is 9.95. The molecule has 0 spiro atoms. The number of aliphatic hydroxyl groups excluding tert-OH is 1. The van der Waals surface area contributed by atoms with Crippen LogP contribution in [0.5, 0.6) is 0 Å². The Morgan fingerprint density at radius 3 is 2.52 bits per heavy atom. The molecular weight excluding hydrogens is 364 g/mol. The van der Waals surface area contributed by atoms with E-state index in [9.17, 15) is 9.90 Å². The molecule has 1 fully saturated rings. The van der Waals surface area contributed by atoms with Crippen molar-refractivity contribution < 1.29 is 14.3 Å². The van der Waals surface area contributed by atoms with Crippen molar-refractivity contribution >= 4 is 5.91 Å². The SMILES string of the molecule is CC(C)CC(=O)N1CCC(CN(Cc2ccccc2)CC(O)c2ccco2)CC1. The number of rotatable bonds is 9. The summed E-state index contributed by atoms with van der Waals surface area (Å²) in [6, 6.07) is 14.0. The minimum atomic E-state index is -0.638. The van der Waals surface area contributed by atoms with E-state index in [2.05, 4.69) is 43.0 Å². The van der Waals surface area contributed by atoms with Gasteiger partial charge in [-0.15, -0.1) is 0 Å². The first-order valence-corrected chi connectivity index (χ1v) is 10.8. The molecule has 29 heavy (non-hydrogen) atoms.